The zero-order valence-corrected chi connectivity index (χ0v) is 15.6. The number of anilines is 2. The summed E-state index contributed by atoms with van der Waals surface area (Å²) in [7, 11) is 0. The molecule has 0 aliphatic heterocycles. The zero-order chi connectivity index (χ0) is 19.5. The minimum atomic E-state index is -0.179. The van der Waals surface area contributed by atoms with Gasteiger partial charge in [0.15, 0.2) is 0 Å². The highest BCUT2D eigenvalue weighted by Crippen LogP contribution is 2.26. The van der Waals surface area contributed by atoms with E-state index < -0.39 is 0 Å². The average Bonchev–Trinajstić information content (AvgIpc) is 3.18. The van der Waals surface area contributed by atoms with Crippen LogP contribution < -0.4 is 10.6 Å². The summed E-state index contributed by atoms with van der Waals surface area (Å²) in [6.45, 7) is 3.97. The van der Waals surface area contributed by atoms with Crippen molar-refractivity contribution in [3.63, 3.8) is 0 Å². The lowest BCUT2D eigenvalue weighted by Gasteiger charge is -2.17. The SMILES string of the molecule is Cc1cncc(C(=O)Nc2cccc([C@H](C)Nc3cncc4[nH]ncc34)c2)c1. The van der Waals surface area contributed by atoms with E-state index >= 15 is 0 Å². The Bertz CT molecular complexity index is 1140. The molecule has 0 fully saturated rings. The monoisotopic (exact) mass is 372 g/mol. The number of H-pyrrole nitrogens is 1. The van der Waals surface area contributed by atoms with E-state index in [1.54, 1.807) is 31.0 Å². The van der Waals surface area contributed by atoms with Gasteiger partial charge >= 0.3 is 0 Å². The lowest BCUT2D eigenvalue weighted by atomic mass is 10.1. The van der Waals surface area contributed by atoms with Crippen LogP contribution in [0.25, 0.3) is 10.9 Å². The highest BCUT2D eigenvalue weighted by molar-refractivity contribution is 6.04. The van der Waals surface area contributed by atoms with Gasteiger partial charge in [-0.2, -0.15) is 5.10 Å². The molecular formula is C21H20N6O. The number of nitrogens with zero attached hydrogens (tertiary/aromatic N) is 3. The van der Waals surface area contributed by atoms with Gasteiger partial charge in [0.05, 0.1) is 35.4 Å². The molecule has 0 saturated heterocycles. The molecule has 28 heavy (non-hydrogen) atoms. The number of hydrogen-bond acceptors (Lipinski definition) is 5. The van der Waals surface area contributed by atoms with Crippen LogP contribution in [0.15, 0.2) is 61.3 Å². The molecule has 4 aromatic rings. The Balaban J connectivity index is 1.51. The van der Waals surface area contributed by atoms with Crippen molar-refractivity contribution in [2.24, 2.45) is 0 Å². The van der Waals surface area contributed by atoms with Crippen LogP contribution in [0.2, 0.25) is 0 Å². The van der Waals surface area contributed by atoms with Gasteiger partial charge in [-0.15, -0.1) is 0 Å². The summed E-state index contributed by atoms with van der Waals surface area (Å²) in [5, 5.41) is 14.4. The molecule has 1 aromatic carbocycles. The van der Waals surface area contributed by atoms with Crippen molar-refractivity contribution < 1.29 is 4.79 Å². The van der Waals surface area contributed by atoms with Crippen LogP contribution in [0.3, 0.4) is 0 Å². The third-order valence-electron chi connectivity index (χ3n) is 4.52. The van der Waals surface area contributed by atoms with Crippen LogP contribution in [0.4, 0.5) is 11.4 Å². The second kappa shape index (κ2) is 7.48. The third kappa shape index (κ3) is 3.68. The summed E-state index contributed by atoms with van der Waals surface area (Å²) in [5.41, 5.74) is 5.04. The summed E-state index contributed by atoms with van der Waals surface area (Å²) >= 11 is 0. The Hall–Kier alpha value is -3.74. The van der Waals surface area contributed by atoms with Crippen molar-refractivity contribution in [2.75, 3.05) is 10.6 Å². The van der Waals surface area contributed by atoms with Gasteiger partial charge in [-0.3, -0.25) is 19.9 Å². The van der Waals surface area contributed by atoms with Gasteiger partial charge in [0, 0.05) is 29.5 Å². The topological polar surface area (TPSA) is 95.6 Å². The van der Waals surface area contributed by atoms with Gasteiger partial charge in [-0.05, 0) is 43.2 Å². The Morgan fingerprint density at radius 1 is 1.07 bits per heavy atom. The van der Waals surface area contributed by atoms with E-state index in [2.05, 4.69) is 37.7 Å². The molecule has 3 aromatic heterocycles. The predicted octanol–water partition coefficient (Wildman–Crippen LogP) is 4.09. The van der Waals surface area contributed by atoms with Crippen molar-refractivity contribution in [3.05, 3.63) is 78.0 Å². The Morgan fingerprint density at radius 3 is 2.79 bits per heavy atom. The van der Waals surface area contributed by atoms with Gasteiger partial charge in [-0.25, -0.2) is 0 Å². The number of pyridine rings is 2. The van der Waals surface area contributed by atoms with E-state index in [9.17, 15) is 4.79 Å². The van der Waals surface area contributed by atoms with Crippen LogP contribution in [-0.2, 0) is 0 Å². The second-order valence-corrected chi connectivity index (χ2v) is 6.71. The summed E-state index contributed by atoms with van der Waals surface area (Å²) in [6, 6.07) is 9.60. The molecule has 7 nitrogen and oxygen atoms in total. The minimum absolute atomic E-state index is 0.0137. The molecule has 1 atom stereocenters. The van der Waals surface area contributed by atoms with E-state index in [4.69, 9.17) is 0 Å². The van der Waals surface area contributed by atoms with Crippen LogP contribution >= 0.6 is 0 Å². The Morgan fingerprint density at radius 2 is 1.93 bits per heavy atom. The molecule has 0 bridgehead atoms. The predicted molar refractivity (Wildman–Crippen MR) is 109 cm³/mol. The number of nitrogens with one attached hydrogen (secondary N) is 3. The molecule has 140 valence electrons. The smallest absolute Gasteiger partial charge is 0.257 e. The van der Waals surface area contributed by atoms with Gasteiger partial charge in [0.2, 0.25) is 0 Å². The van der Waals surface area contributed by atoms with Gasteiger partial charge < -0.3 is 10.6 Å². The number of aromatic amines is 1. The lowest BCUT2D eigenvalue weighted by Crippen LogP contribution is -2.13. The number of amides is 1. The van der Waals surface area contributed by atoms with Gasteiger partial charge in [0.1, 0.15) is 0 Å². The molecule has 0 spiro atoms. The first-order valence-corrected chi connectivity index (χ1v) is 8.97. The quantitative estimate of drug-likeness (QED) is 0.490. The first kappa shape index (κ1) is 17.7. The number of rotatable bonds is 5. The molecule has 4 rings (SSSR count). The molecule has 0 radical (unpaired) electrons. The van der Waals surface area contributed by atoms with Crippen LogP contribution in [-0.4, -0.2) is 26.1 Å². The number of fused-ring (bicyclic) bond motifs is 1. The van der Waals surface area contributed by atoms with E-state index in [1.165, 1.54) is 0 Å². The van der Waals surface area contributed by atoms with Crippen LogP contribution in [0, 0.1) is 6.92 Å². The zero-order valence-electron chi connectivity index (χ0n) is 15.6. The number of hydrogen-bond donors (Lipinski definition) is 3. The fraction of sp³-hybridized carbons (Fsp3) is 0.143. The third-order valence-corrected chi connectivity index (χ3v) is 4.52. The first-order chi connectivity index (χ1) is 13.6. The van der Waals surface area contributed by atoms with Crippen LogP contribution in [0.5, 0.6) is 0 Å². The first-order valence-electron chi connectivity index (χ1n) is 8.97. The highest BCUT2D eigenvalue weighted by atomic mass is 16.1. The maximum Gasteiger partial charge on any atom is 0.257 e. The van der Waals surface area contributed by atoms with Crippen molar-refractivity contribution in [1.29, 1.82) is 0 Å². The van der Waals surface area contributed by atoms with Gasteiger partial charge in [-0.1, -0.05) is 12.1 Å². The van der Waals surface area contributed by atoms with Crippen molar-refractivity contribution in [1.82, 2.24) is 20.2 Å². The molecule has 3 N–H and O–H groups in total. The fourth-order valence-corrected chi connectivity index (χ4v) is 3.06. The molecule has 0 aliphatic rings. The number of benzene rings is 1. The fourth-order valence-electron chi connectivity index (χ4n) is 3.06. The highest BCUT2D eigenvalue weighted by Gasteiger charge is 2.11. The molecule has 1 amide bonds. The molecule has 0 aliphatic carbocycles. The number of aryl methyl sites for hydroxylation is 1. The largest absolute Gasteiger partial charge is 0.377 e. The molecule has 0 saturated carbocycles. The maximum atomic E-state index is 12.5. The van der Waals surface area contributed by atoms with E-state index in [0.29, 0.717) is 5.56 Å². The lowest BCUT2D eigenvalue weighted by molar-refractivity contribution is 0.102. The summed E-state index contributed by atoms with van der Waals surface area (Å²) < 4.78 is 0. The van der Waals surface area contributed by atoms with E-state index in [-0.39, 0.29) is 11.9 Å². The van der Waals surface area contributed by atoms with Crippen molar-refractivity contribution >= 4 is 28.2 Å². The van der Waals surface area contributed by atoms with E-state index in [0.717, 1.165) is 33.4 Å². The summed E-state index contributed by atoms with van der Waals surface area (Å²) in [6.07, 6.45) is 8.59. The summed E-state index contributed by atoms with van der Waals surface area (Å²) in [5.74, 6) is -0.179. The maximum absolute atomic E-state index is 12.5. The molecule has 3 heterocycles. The van der Waals surface area contributed by atoms with E-state index in [1.807, 2.05) is 37.3 Å². The minimum Gasteiger partial charge on any atom is -0.377 e. The van der Waals surface area contributed by atoms with Crippen LogP contribution in [0.1, 0.15) is 34.5 Å². The van der Waals surface area contributed by atoms with Crippen molar-refractivity contribution in [3.8, 4) is 0 Å². The normalized spacial score (nSPS) is 11.9. The number of carbonyl (C=O) groups is 1. The average molecular weight is 372 g/mol. The molecule has 0 unspecified atom stereocenters. The standard InChI is InChI=1S/C21H20N6O/c1-13-6-16(9-22-8-13)21(28)26-17-5-3-4-15(7-17)14(2)25-19-11-23-12-20-18(19)10-24-27-20/h3-12,14,25H,1-2H3,(H,24,27)(H,26,28)/t14-/m0/s1. The number of aromatic nitrogens is 4. The van der Waals surface area contributed by atoms with Gasteiger partial charge in [0.25, 0.3) is 5.91 Å². The second-order valence-electron chi connectivity index (χ2n) is 6.71. The summed E-state index contributed by atoms with van der Waals surface area (Å²) in [4.78, 5) is 20.8. The van der Waals surface area contributed by atoms with Crippen molar-refractivity contribution in [2.45, 2.75) is 19.9 Å². The Labute approximate surface area is 162 Å². The Kier molecular flexibility index (Phi) is 4.72. The number of carbonyl (C=O) groups excluding carboxylic acids is 1. The molecular weight excluding hydrogens is 352 g/mol. The molecule has 7 heteroatoms.